The Kier molecular flexibility index (Phi) is 7.78. The summed E-state index contributed by atoms with van der Waals surface area (Å²) in [6.07, 6.45) is 13.9. The maximum Gasteiger partial charge on any atom is 0.131 e. The molecule has 0 amide bonds. The van der Waals surface area contributed by atoms with E-state index >= 15 is 0 Å². The lowest BCUT2D eigenvalue weighted by atomic mass is 9.90. The van der Waals surface area contributed by atoms with Gasteiger partial charge < -0.3 is 9.88 Å². The maximum atomic E-state index is 5.20. The Bertz CT molecular complexity index is 3020. The van der Waals surface area contributed by atoms with Crippen molar-refractivity contribution in [1.82, 2.24) is 15.2 Å². The topological polar surface area (TPSA) is 41.4 Å². The fourth-order valence-corrected chi connectivity index (χ4v) is 11.9. The van der Waals surface area contributed by atoms with Crippen LogP contribution in [0.15, 0.2) is 174 Å². The third-order valence-electron chi connectivity index (χ3n) is 12.1. The molecule has 4 atom stereocenters. The van der Waals surface area contributed by atoms with Gasteiger partial charge in [0, 0.05) is 64.1 Å². The number of allylic oxidation sites excluding steroid dienone is 4. The highest BCUT2D eigenvalue weighted by atomic mass is 32.2. The fraction of sp³-hybridized carbons (Fsp3) is 0.118. The van der Waals surface area contributed by atoms with Crippen LogP contribution in [0.3, 0.4) is 0 Å². The lowest BCUT2D eigenvalue weighted by molar-refractivity contribution is 0.409. The third-order valence-corrected chi connectivity index (χ3v) is 14.5. The maximum absolute atomic E-state index is 5.20. The van der Waals surface area contributed by atoms with Gasteiger partial charge in [0.2, 0.25) is 0 Å². The monoisotopic (exact) mass is 770 g/mol. The minimum Gasteiger partial charge on any atom is -0.350 e. The number of nitrogens with one attached hydrogen (secondary N) is 2. The van der Waals surface area contributed by atoms with Crippen LogP contribution >= 0.6 is 23.1 Å². The van der Waals surface area contributed by atoms with Crippen LogP contribution in [-0.4, -0.2) is 15.7 Å². The molecule has 2 aliphatic heterocycles. The molecule has 6 heteroatoms. The molecule has 6 aromatic carbocycles. The zero-order chi connectivity index (χ0) is 37.5. The van der Waals surface area contributed by atoms with E-state index in [1.807, 2.05) is 29.2 Å². The number of hydrogen-bond acceptors (Lipinski definition) is 5. The minimum absolute atomic E-state index is 0.0595. The number of hydrogen-bond donors (Lipinski definition) is 2. The van der Waals surface area contributed by atoms with Gasteiger partial charge in [0.1, 0.15) is 18.2 Å². The Balaban J connectivity index is 0.846. The lowest BCUT2D eigenvalue weighted by Gasteiger charge is -2.32. The molecule has 8 aromatic rings. The van der Waals surface area contributed by atoms with Crippen molar-refractivity contribution >= 4 is 71.8 Å². The normalized spacial score (nSPS) is 20.9. The molecule has 2 aliphatic carbocycles. The number of aliphatic imine (C=N–C) groups is 1. The number of benzene rings is 6. The van der Waals surface area contributed by atoms with Crippen LogP contribution in [0, 0.1) is 0 Å². The Morgan fingerprint density at radius 3 is 2.33 bits per heavy atom. The van der Waals surface area contributed by atoms with Gasteiger partial charge in [-0.1, -0.05) is 133 Å². The summed E-state index contributed by atoms with van der Waals surface area (Å²) >= 11 is 3.89. The number of amidine groups is 1. The molecular weight excluding hydrogens is 733 g/mol. The predicted molar refractivity (Wildman–Crippen MR) is 241 cm³/mol. The molecule has 0 bridgehead atoms. The lowest BCUT2D eigenvalue weighted by Crippen LogP contribution is -2.44. The average Bonchev–Trinajstić information content (AvgIpc) is 3.95. The van der Waals surface area contributed by atoms with Gasteiger partial charge in [-0.2, -0.15) is 0 Å². The summed E-state index contributed by atoms with van der Waals surface area (Å²) in [5, 5.41) is 11.8. The fourth-order valence-electron chi connectivity index (χ4n) is 9.31. The molecule has 4 aliphatic rings. The molecule has 57 heavy (non-hydrogen) atoms. The van der Waals surface area contributed by atoms with E-state index < -0.39 is 0 Å². The van der Waals surface area contributed by atoms with Gasteiger partial charge in [-0.3, -0.25) is 5.32 Å². The quantitative estimate of drug-likeness (QED) is 0.183. The summed E-state index contributed by atoms with van der Waals surface area (Å²) in [6, 6.07) is 50.9. The molecule has 2 N–H and O–H groups in total. The molecule has 4 unspecified atom stereocenters. The molecule has 0 radical (unpaired) electrons. The number of rotatable bonds is 5. The highest BCUT2D eigenvalue weighted by molar-refractivity contribution is 8.00. The number of aromatic nitrogens is 1. The number of fused-ring (bicyclic) bond motifs is 9. The van der Waals surface area contributed by atoms with Crippen LogP contribution in [0.5, 0.6) is 0 Å². The molecular formula is C51H38N4S2. The van der Waals surface area contributed by atoms with Crippen molar-refractivity contribution in [2.75, 3.05) is 0 Å². The summed E-state index contributed by atoms with van der Waals surface area (Å²) < 4.78 is 5.12. The first-order valence-corrected chi connectivity index (χ1v) is 21.6. The molecule has 0 spiro atoms. The minimum atomic E-state index is -0.185. The van der Waals surface area contributed by atoms with Crippen molar-refractivity contribution in [1.29, 1.82) is 0 Å². The van der Waals surface area contributed by atoms with Crippen molar-refractivity contribution in [3.05, 3.63) is 197 Å². The van der Waals surface area contributed by atoms with E-state index in [1.54, 1.807) is 0 Å². The van der Waals surface area contributed by atoms with Crippen LogP contribution in [0.1, 0.15) is 58.2 Å². The van der Waals surface area contributed by atoms with Crippen molar-refractivity contribution in [3.63, 3.8) is 0 Å². The van der Waals surface area contributed by atoms with Crippen LogP contribution in [0.4, 0.5) is 0 Å². The second kappa shape index (κ2) is 13.3. The van der Waals surface area contributed by atoms with E-state index in [1.165, 1.54) is 75.2 Å². The van der Waals surface area contributed by atoms with Gasteiger partial charge >= 0.3 is 0 Å². The van der Waals surface area contributed by atoms with Crippen LogP contribution in [0.25, 0.3) is 54.0 Å². The number of nitrogens with zero attached hydrogens (tertiary/aromatic N) is 2. The van der Waals surface area contributed by atoms with E-state index in [0.29, 0.717) is 11.2 Å². The van der Waals surface area contributed by atoms with E-state index in [9.17, 15) is 0 Å². The first kappa shape index (κ1) is 33.2. The largest absolute Gasteiger partial charge is 0.350 e. The highest BCUT2D eigenvalue weighted by Crippen LogP contribution is 2.51. The predicted octanol–water partition coefficient (Wildman–Crippen LogP) is 12.6. The molecule has 12 rings (SSSR count). The Labute approximate surface area is 340 Å². The molecule has 0 fully saturated rings. The van der Waals surface area contributed by atoms with E-state index in [0.717, 1.165) is 29.8 Å². The van der Waals surface area contributed by atoms with Crippen LogP contribution in [0.2, 0.25) is 0 Å². The van der Waals surface area contributed by atoms with E-state index in [-0.39, 0.29) is 12.3 Å². The van der Waals surface area contributed by atoms with Gasteiger partial charge in [-0.05, 0) is 77.1 Å². The zero-order valence-corrected chi connectivity index (χ0v) is 32.7. The average molecular weight is 771 g/mol. The van der Waals surface area contributed by atoms with Gasteiger partial charge in [0.15, 0.2) is 0 Å². The Morgan fingerprint density at radius 1 is 0.667 bits per heavy atom. The van der Waals surface area contributed by atoms with Gasteiger partial charge in [-0.25, -0.2) is 4.99 Å². The Hall–Kier alpha value is -5.92. The van der Waals surface area contributed by atoms with Gasteiger partial charge in [0.25, 0.3) is 0 Å². The van der Waals surface area contributed by atoms with Crippen molar-refractivity contribution in [2.45, 2.75) is 41.2 Å². The zero-order valence-electron chi connectivity index (χ0n) is 31.1. The summed E-state index contributed by atoms with van der Waals surface area (Å²) in [7, 11) is 0. The van der Waals surface area contributed by atoms with Gasteiger partial charge in [0.05, 0.1) is 5.52 Å². The van der Waals surface area contributed by atoms with Crippen molar-refractivity contribution < 1.29 is 0 Å². The van der Waals surface area contributed by atoms with Crippen molar-refractivity contribution in [2.24, 2.45) is 4.99 Å². The summed E-state index contributed by atoms with van der Waals surface area (Å²) in [5.74, 6) is 1.30. The molecule has 4 nitrogen and oxygen atoms in total. The van der Waals surface area contributed by atoms with E-state index in [4.69, 9.17) is 4.99 Å². The molecule has 0 saturated carbocycles. The number of thiophene rings is 1. The SMILES string of the molecule is C1=Cc2c(n(C3=CC4Sc5cc(-c6ccc7c(c6)sc6cc(C8N=C(c9ccccc9)NC(c9ccccc9)N8)ccc67)ccc5C4C=C3)c3ccccc23)CC1. The summed E-state index contributed by atoms with van der Waals surface area (Å²) in [6.45, 7) is 0. The Morgan fingerprint density at radius 2 is 1.44 bits per heavy atom. The van der Waals surface area contributed by atoms with Crippen LogP contribution < -0.4 is 10.6 Å². The molecule has 0 saturated heterocycles. The van der Waals surface area contributed by atoms with E-state index in [2.05, 4.69) is 179 Å². The number of para-hydroxylation sites is 1. The highest BCUT2D eigenvalue weighted by Gasteiger charge is 2.34. The first-order valence-electron chi connectivity index (χ1n) is 19.9. The van der Waals surface area contributed by atoms with Crippen LogP contribution in [-0.2, 0) is 6.42 Å². The number of thioether (sulfide) groups is 1. The second-order valence-electron chi connectivity index (χ2n) is 15.4. The van der Waals surface area contributed by atoms with Crippen molar-refractivity contribution in [3.8, 4) is 11.1 Å². The molecule has 274 valence electrons. The first-order chi connectivity index (χ1) is 28.2. The smallest absolute Gasteiger partial charge is 0.131 e. The molecule has 2 aromatic heterocycles. The molecule has 4 heterocycles. The standard InChI is InChI=1S/C51H38N4S2/c1-3-11-31(12-4-1)49-52-50(32-13-5-2-6-14-32)54-51(53-49)35-21-25-41-39-23-19-33(27-45(39)56-47(41)29-35)34-20-24-40-42-26-22-36(30-48(42)57-46(40)28-34)55-43-17-9-7-15-37(43)38-16-8-10-18-44(38)55/h1-9,11-17,19-30,42,48-49,51,53H,10,18H2,(H,52,54). The summed E-state index contributed by atoms with van der Waals surface area (Å²) in [5.41, 5.74) is 12.9. The summed E-state index contributed by atoms with van der Waals surface area (Å²) in [4.78, 5) is 6.59. The second-order valence-corrected chi connectivity index (χ2v) is 17.7. The van der Waals surface area contributed by atoms with Gasteiger partial charge in [-0.15, -0.1) is 23.1 Å². The third kappa shape index (κ3) is 5.58.